The first kappa shape index (κ1) is 10.1. The van der Waals surface area contributed by atoms with Crippen molar-refractivity contribution in [3.8, 4) is 0 Å². The number of amides is 1. The Bertz CT molecular complexity index is 531. The van der Waals surface area contributed by atoms with Crippen molar-refractivity contribution in [1.29, 1.82) is 0 Å². The van der Waals surface area contributed by atoms with Crippen LogP contribution in [0, 0.1) is 0 Å². The molecular weight excluding hydrogens is 210 g/mol. The molecule has 2 aromatic rings. The first-order chi connectivity index (χ1) is 7.75. The molecule has 0 aliphatic rings. The van der Waals surface area contributed by atoms with Gasteiger partial charge in [-0.3, -0.25) is 14.5 Å². The van der Waals surface area contributed by atoms with Gasteiger partial charge in [0.15, 0.2) is 0 Å². The van der Waals surface area contributed by atoms with Crippen molar-refractivity contribution in [2.24, 2.45) is 0 Å². The first-order valence-electron chi connectivity index (χ1n) is 4.56. The molecule has 0 aliphatic heterocycles. The van der Waals surface area contributed by atoms with E-state index in [9.17, 15) is 9.59 Å². The predicted molar refractivity (Wildman–Crippen MR) is 55.7 cm³/mol. The zero-order valence-corrected chi connectivity index (χ0v) is 8.25. The lowest BCUT2D eigenvalue weighted by Crippen LogP contribution is -2.28. The first-order valence-corrected chi connectivity index (χ1v) is 4.56. The maximum atomic E-state index is 11.5. The van der Waals surface area contributed by atoms with Crippen LogP contribution in [-0.4, -0.2) is 25.7 Å². The number of nitrogens with one attached hydrogen (secondary N) is 2. The summed E-state index contributed by atoms with van der Waals surface area (Å²) in [5, 5.41) is 8.82. The highest BCUT2D eigenvalue weighted by Gasteiger charge is 2.05. The number of carbonyl (C=O) groups is 1. The SMILES string of the molecule is O=C(Cn1cccnc1=O)Nc1ccn[nH]1. The molecule has 0 atom stereocenters. The highest BCUT2D eigenvalue weighted by atomic mass is 16.2. The molecule has 2 aromatic heterocycles. The smallest absolute Gasteiger partial charge is 0.310 e. The Hall–Kier alpha value is -2.44. The van der Waals surface area contributed by atoms with E-state index in [1.807, 2.05) is 0 Å². The second-order valence-corrected chi connectivity index (χ2v) is 3.05. The quantitative estimate of drug-likeness (QED) is 0.734. The van der Waals surface area contributed by atoms with Crippen molar-refractivity contribution in [2.45, 2.75) is 6.54 Å². The lowest BCUT2D eigenvalue weighted by molar-refractivity contribution is -0.116. The maximum absolute atomic E-state index is 11.5. The van der Waals surface area contributed by atoms with E-state index in [4.69, 9.17) is 0 Å². The summed E-state index contributed by atoms with van der Waals surface area (Å²) in [4.78, 5) is 26.2. The summed E-state index contributed by atoms with van der Waals surface area (Å²) >= 11 is 0. The summed E-state index contributed by atoms with van der Waals surface area (Å²) in [5.41, 5.74) is -0.456. The van der Waals surface area contributed by atoms with Gasteiger partial charge in [0, 0.05) is 18.5 Å². The van der Waals surface area contributed by atoms with Gasteiger partial charge in [0.05, 0.1) is 6.20 Å². The fourth-order valence-corrected chi connectivity index (χ4v) is 1.18. The molecule has 0 aromatic carbocycles. The van der Waals surface area contributed by atoms with Crippen LogP contribution in [0.1, 0.15) is 0 Å². The Morgan fingerprint density at radius 1 is 1.50 bits per heavy atom. The van der Waals surface area contributed by atoms with Crippen LogP contribution in [0.5, 0.6) is 0 Å². The van der Waals surface area contributed by atoms with Crippen LogP contribution < -0.4 is 11.0 Å². The summed E-state index contributed by atoms with van der Waals surface area (Å²) in [6, 6.07) is 3.20. The standard InChI is InChI=1S/C9H9N5O2/c15-8(12-7-2-4-11-13-7)6-14-5-1-3-10-9(14)16/h1-5H,6H2,(H2,11,12,13,15). The molecule has 0 spiro atoms. The lowest BCUT2D eigenvalue weighted by atomic mass is 10.5. The molecule has 2 rings (SSSR count). The highest BCUT2D eigenvalue weighted by molar-refractivity contribution is 5.89. The third-order valence-corrected chi connectivity index (χ3v) is 1.87. The van der Waals surface area contributed by atoms with Gasteiger partial charge in [0.1, 0.15) is 12.4 Å². The van der Waals surface area contributed by atoms with Crippen LogP contribution in [0.4, 0.5) is 5.82 Å². The van der Waals surface area contributed by atoms with Gasteiger partial charge in [-0.2, -0.15) is 5.10 Å². The predicted octanol–water partition coefficient (Wildman–Crippen LogP) is -0.395. The molecule has 0 bridgehead atoms. The molecule has 82 valence electrons. The van der Waals surface area contributed by atoms with Crippen molar-refractivity contribution in [2.75, 3.05) is 5.32 Å². The zero-order valence-electron chi connectivity index (χ0n) is 8.25. The van der Waals surface area contributed by atoms with Crippen molar-refractivity contribution in [3.05, 3.63) is 41.2 Å². The highest BCUT2D eigenvalue weighted by Crippen LogP contribution is 1.98. The van der Waals surface area contributed by atoms with E-state index in [-0.39, 0.29) is 12.5 Å². The summed E-state index contributed by atoms with van der Waals surface area (Å²) in [6.07, 6.45) is 4.40. The van der Waals surface area contributed by atoms with Crippen LogP contribution in [0.3, 0.4) is 0 Å². The monoisotopic (exact) mass is 219 g/mol. The summed E-state index contributed by atoms with van der Waals surface area (Å²) < 4.78 is 1.21. The van der Waals surface area contributed by atoms with E-state index < -0.39 is 5.69 Å². The molecule has 0 radical (unpaired) electrons. The van der Waals surface area contributed by atoms with E-state index in [1.54, 1.807) is 12.1 Å². The number of carbonyl (C=O) groups excluding carboxylic acids is 1. The molecule has 2 N–H and O–H groups in total. The molecule has 0 unspecified atom stereocenters. The molecule has 2 heterocycles. The minimum Gasteiger partial charge on any atom is -0.310 e. The Morgan fingerprint density at radius 2 is 2.38 bits per heavy atom. The van der Waals surface area contributed by atoms with Crippen molar-refractivity contribution < 1.29 is 4.79 Å². The Labute approximate surface area is 90.1 Å². The zero-order chi connectivity index (χ0) is 11.4. The van der Waals surface area contributed by atoms with Gasteiger partial charge in [-0.1, -0.05) is 0 Å². The van der Waals surface area contributed by atoms with E-state index >= 15 is 0 Å². The number of aromatic nitrogens is 4. The van der Waals surface area contributed by atoms with Gasteiger partial charge in [-0.15, -0.1) is 0 Å². The third kappa shape index (κ3) is 2.32. The fraction of sp³-hybridized carbons (Fsp3) is 0.111. The summed E-state index contributed by atoms with van der Waals surface area (Å²) in [7, 11) is 0. The maximum Gasteiger partial charge on any atom is 0.347 e. The number of H-pyrrole nitrogens is 1. The van der Waals surface area contributed by atoms with Gasteiger partial charge < -0.3 is 5.32 Å². The van der Waals surface area contributed by atoms with Crippen LogP contribution in [0.25, 0.3) is 0 Å². The van der Waals surface area contributed by atoms with Crippen LogP contribution in [0.2, 0.25) is 0 Å². The number of hydrogen-bond acceptors (Lipinski definition) is 4. The molecule has 1 amide bonds. The molecule has 0 saturated carbocycles. The van der Waals surface area contributed by atoms with Crippen molar-refractivity contribution in [1.82, 2.24) is 19.7 Å². The lowest BCUT2D eigenvalue weighted by Gasteiger charge is -2.03. The van der Waals surface area contributed by atoms with Crippen LogP contribution >= 0.6 is 0 Å². The topological polar surface area (TPSA) is 92.7 Å². The summed E-state index contributed by atoms with van der Waals surface area (Å²) in [6.45, 7) is -0.0777. The molecule has 7 heteroatoms. The minimum absolute atomic E-state index is 0.0777. The van der Waals surface area contributed by atoms with Gasteiger partial charge in [-0.05, 0) is 6.07 Å². The van der Waals surface area contributed by atoms with Gasteiger partial charge in [0.25, 0.3) is 0 Å². The molecule has 0 fully saturated rings. The Kier molecular flexibility index (Phi) is 2.77. The molecule has 7 nitrogen and oxygen atoms in total. The molecular formula is C9H9N5O2. The Morgan fingerprint density at radius 3 is 3.06 bits per heavy atom. The van der Waals surface area contributed by atoms with Gasteiger partial charge in [0.2, 0.25) is 5.91 Å². The van der Waals surface area contributed by atoms with E-state index in [0.29, 0.717) is 5.82 Å². The average molecular weight is 219 g/mol. The van der Waals surface area contributed by atoms with E-state index in [2.05, 4.69) is 20.5 Å². The number of anilines is 1. The van der Waals surface area contributed by atoms with E-state index in [0.717, 1.165) is 0 Å². The molecule has 0 saturated heterocycles. The number of hydrogen-bond donors (Lipinski definition) is 2. The second-order valence-electron chi connectivity index (χ2n) is 3.05. The van der Waals surface area contributed by atoms with Crippen LogP contribution in [0.15, 0.2) is 35.5 Å². The number of rotatable bonds is 3. The molecule has 0 aliphatic carbocycles. The largest absolute Gasteiger partial charge is 0.347 e. The van der Waals surface area contributed by atoms with Crippen molar-refractivity contribution >= 4 is 11.7 Å². The molecule has 16 heavy (non-hydrogen) atoms. The van der Waals surface area contributed by atoms with E-state index in [1.165, 1.54) is 23.2 Å². The number of aromatic amines is 1. The summed E-state index contributed by atoms with van der Waals surface area (Å²) in [5.74, 6) is 0.168. The van der Waals surface area contributed by atoms with Crippen LogP contribution in [-0.2, 0) is 11.3 Å². The van der Waals surface area contributed by atoms with Gasteiger partial charge in [-0.25, -0.2) is 9.78 Å². The third-order valence-electron chi connectivity index (χ3n) is 1.87. The van der Waals surface area contributed by atoms with Gasteiger partial charge >= 0.3 is 5.69 Å². The van der Waals surface area contributed by atoms with Crippen molar-refractivity contribution in [3.63, 3.8) is 0 Å². The minimum atomic E-state index is -0.456. The number of nitrogens with zero attached hydrogens (tertiary/aromatic N) is 3. The fourth-order valence-electron chi connectivity index (χ4n) is 1.18. The average Bonchev–Trinajstić information content (AvgIpc) is 2.74. The Balaban J connectivity index is 2.03. The normalized spacial score (nSPS) is 10.0. The second kappa shape index (κ2) is 4.39.